The molecule has 0 saturated heterocycles. The van der Waals surface area contributed by atoms with Crippen LogP contribution in [0.1, 0.15) is 25.0 Å². The van der Waals surface area contributed by atoms with E-state index in [0.29, 0.717) is 5.75 Å². The third-order valence-electron chi connectivity index (χ3n) is 3.20. The predicted molar refractivity (Wildman–Crippen MR) is 88.4 cm³/mol. The Balaban J connectivity index is 2.05. The van der Waals surface area contributed by atoms with Crippen LogP contribution in [-0.2, 0) is 4.79 Å². The lowest BCUT2D eigenvalue weighted by atomic mass is 10.1. The van der Waals surface area contributed by atoms with Crippen molar-refractivity contribution < 1.29 is 9.53 Å². The van der Waals surface area contributed by atoms with Crippen molar-refractivity contribution in [1.29, 1.82) is 0 Å². The monoisotopic (exact) mass is 296 g/mol. The summed E-state index contributed by atoms with van der Waals surface area (Å²) in [5, 5.41) is 2.60. The summed E-state index contributed by atoms with van der Waals surface area (Å²) in [5.41, 5.74) is 1.25. The number of hydrogen-bond acceptors (Lipinski definition) is 3. The third-order valence-corrected chi connectivity index (χ3v) is 3.20. The van der Waals surface area contributed by atoms with Gasteiger partial charge >= 0.3 is 0 Å². The van der Waals surface area contributed by atoms with Crippen molar-refractivity contribution in [3.8, 4) is 5.75 Å². The zero-order chi connectivity index (χ0) is 16.0. The van der Waals surface area contributed by atoms with E-state index in [1.165, 1.54) is 0 Å². The van der Waals surface area contributed by atoms with Gasteiger partial charge in [-0.2, -0.15) is 0 Å². The molecular weight excluding hydrogens is 276 g/mol. The number of nitrogens with zero attached hydrogens (tertiary/aromatic N) is 1. The summed E-state index contributed by atoms with van der Waals surface area (Å²) >= 11 is 0. The fourth-order valence-corrected chi connectivity index (χ4v) is 1.96. The molecular formula is C18H20N2O2. The number of carbonyl (C=O) groups is 1. The van der Waals surface area contributed by atoms with Crippen LogP contribution in [0.2, 0.25) is 0 Å². The normalized spacial score (nSPS) is 11.4. The van der Waals surface area contributed by atoms with Crippen molar-refractivity contribution in [1.82, 2.24) is 10.3 Å². The van der Waals surface area contributed by atoms with Gasteiger partial charge in [-0.25, -0.2) is 0 Å². The minimum Gasteiger partial charge on any atom is -0.478 e. The van der Waals surface area contributed by atoms with Gasteiger partial charge in [0.25, 0.3) is 5.91 Å². The van der Waals surface area contributed by atoms with Crippen LogP contribution in [-0.4, -0.2) is 23.5 Å². The topological polar surface area (TPSA) is 51.2 Å². The van der Waals surface area contributed by atoms with Gasteiger partial charge in [-0.15, -0.1) is 0 Å². The first kappa shape index (κ1) is 15.8. The van der Waals surface area contributed by atoms with Crippen molar-refractivity contribution in [3.05, 3.63) is 59.9 Å². The van der Waals surface area contributed by atoms with Crippen LogP contribution in [0.5, 0.6) is 5.75 Å². The third kappa shape index (κ3) is 4.19. The Bertz CT molecular complexity index is 647. The summed E-state index contributed by atoms with van der Waals surface area (Å²) < 4.78 is 5.73. The molecule has 0 radical (unpaired) electrons. The highest BCUT2D eigenvalue weighted by Crippen LogP contribution is 2.20. The SMILES string of the molecule is CNC(=O)C(C)(C)Oc1ccc(/C=C/c2ccncc2)cc1. The Morgan fingerprint density at radius 2 is 1.59 bits per heavy atom. The summed E-state index contributed by atoms with van der Waals surface area (Å²) in [6.45, 7) is 3.48. The summed E-state index contributed by atoms with van der Waals surface area (Å²) in [5.74, 6) is 0.504. The number of aromatic nitrogens is 1. The molecule has 0 spiro atoms. The van der Waals surface area contributed by atoms with E-state index in [9.17, 15) is 4.79 Å². The van der Waals surface area contributed by atoms with Gasteiger partial charge in [0.15, 0.2) is 5.60 Å². The summed E-state index contributed by atoms with van der Waals surface area (Å²) in [7, 11) is 1.60. The second-order valence-corrected chi connectivity index (χ2v) is 5.37. The van der Waals surface area contributed by atoms with E-state index in [4.69, 9.17) is 4.74 Å². The van der Waals surface area contributed by atoms with Crippen LogP contribution < -0.4 is 10.1 Å². The lowest BCUT2D eigenvalue weighted by Crippen LogP contribution is -2.45. The van der Waals surface area contributed by atoms with E-state index >= 15 is 0 Å². The Morgan fingerprint density at radius 3 is 2.14 bits per heavy atom. The zero-order valence-corrected chi connectivity index (χ0v) is 13.0. The van der Waals surface area contributed by atoms with Gasteiger partial charge in [0.1, 0.15) is 5.75 Å². The number of benzene rings is 1. The molecule has 0 bridgehead atoms. The van der Waals surface area contributed by atoms with Gasteiger partial charge in [0, 0.05) is 19.4 Å². The van der Waals surface area contributed by atoms with E-state index in [2.05, 4.69) is 10.3 Å². The number of ether oxygens (including phenoxy) is 1. The molecule has 1 amide bonds. The number of pyridine rings is 1. The van der Waals surface area contributed by atoms with Crippen LogP contribution in [0.25, 0.3) is 12.2 Å². The Labute approximate surface area is 130 Å². The molecule has 0 aliphatic carbocycles. The van der Waals surface area contributed by atoms with E-state index < -0.39 is 5.60 Å². The lowest BCUT2D eigenvalue weighted by Gasteiger charge is -2.24. The first-order valence-corrected chi connectivity index (χ1v) is 7.10. The summed E-state index contributed by atoms with van der Waals surface area (Å²) in [6.07, 6.45) is 7.56. The van der Waals surface area contributed by atoms with Gasteiger partial charge in [-0.3, -0.25) is 9.78 Å². The molecule has 114 valence electrons. The molecule has 1 aromatic heterocycles. The van der Waals surface area contributed by atoms with Gasteiger partial charge in [0.2, 0.25) is 0 Å². The average molecular weight is 296 g/mol. The van der Waals surface area contributed by atoms with Crippen LogP contribution in [0.3, 0.4) is 0 Å². The molecule has 0 saturated carbocycles. The predicted octanol–water partition coefficient (Wildman–Crippen LogP) is 3.16. The molecule has 4 heteroatoms. The lowest BCUT2D eigenvalue weighted by molar-refractivity contribution is -0.133. The molecule has 1 aromatic carbocycles. The first-order chi connectivity index (χ1) is 10.5. The standard InChI is InChI=1S/C18H20N2O2/c1-18(2,17(21)19-3)22-16-8-6-14(7-9-16)4-5-15-10-12-20-13-11-15/h4-13H,1-3H3,(H,19,21)/b5-4+. The van der Waals surface area contributed by atoms with E-state index in [1.54, 1.807) is 33.3 Å². The summed E-state index contributed by atoms with van der Waals surface area (Å²) in [6, 6.07) is 11.5. The number of likely N-dealkylation sites (N-methyl/N-ethyl adjacent to an activating group) is 1. The molecule has 0 aliphatic rings. The number of hydrogen-bond donors (Lipinski definition) is 1. The number of amides is 1. The smallest absolute Gasteiger partial charge is 0.263 e. The minimum absolute atomic E-state index is 0.158. The quantitative estimate of drug-likeness (QED) is 0.922. The molecule has 0 atom stereocenters. The summed E-state index contributed by atoms with van der Waals surface area (Å²) in [4.78, 5) is 15.7. The highest BCUT2D eigenvalue weighted by atomic mass is 16.5. The fourth-order valence-electron chi connectivity index (χ4n) is 1.96. The van der Waals surface area contributed by atoms with Crippen molar-refractivity contribution in [2.45, 2.75) is 19.4 Å². The maximum atomic E-state index is 11.7. The number of carbonyl (C=O) groups excluding carboxylic acids is 1. The Hall–Kier alpha value is -2.62. The van der Waals surface area contributed by atoms with Gasteiger partial charge in [0.05, 0.1) is 0 Å². The molecule has 1 N–H and O–H groups in total. The molecule has 2 aromatic rings. The van der Waals surface area contributed by atoms with Crippen LogP contribution in [0.4, 0.5) is 0 Å². The molecule has 22 heavy (non-hydrogen) atoms. The first-order valence-electron chi connectivity index (χ1n) is 7.10. The maximum Gasteiger partial charge on any atom is 0.263 e. The second-order valence-electron chi connectivity index (χ2n) is 5.37. The Morgan fingerprint density at radius 1 is 1.05 bits per heavy atom. The highest BCUT2D eigenvalue weighted by molar-refractivity contribution is 5.84. The van der Waals surface area contributed by atoms with Gasteiger partial charge < -0.3 is 10.1 Å². The number of rotatable bonds is 5. The van der Waals surface area contributed by atoms with E-state index in [-0.39, 0.29) is 5.91 Å². The molecule has 1 heterocycles. The molecule has 2 rings (SSSR count). The van der Waals surface area contributed by atoms with Crippen molar-refractivity contribution in [2.24, 2.45) is 0 Å². The van der Waals surface area contributed by atoms with Crippen LogP contribution >= 0.6 is 0 Å². The minimum atomic E-state index is -0.900. The second kappa shape index (κ2) is 6.89. The fraction of sp³-hybridized carbons (Fsp3) is 0.222. The van der Waals surface area contributed by atoms with Crippen molar-refractivity contribution in [2.75, 3.05) is 7.05 Å². The van der Waals surface area contributed by atoms with Gasteiger partial charge in [-0.1, -0.05) is 24.3 Å². The molecule has 0 aliphatic heterocycles. The van der Waals surface area contributed by atoms with Crippen LogP contribution in [0, 0.1) is 0 Å². The molecule has 0 fully saturated rings. The largest absolute Gasteiger partial charge is 0.478 e. The number of nitrogens with one attached hydrogen (secondary N) is 1. The van der Waals surface area contributed by atoms with Gasteiger partial charge in [-0.05, 0) is 49.2 Å². The maximum absolute atomic E-state index is 11.7. The van der Waals surface area contributed by atoms with E-state index in [1.807, 2.05) is 48.6 Å². The van der Waals surface area contributed by atoms with Crippen molar-refractivity contribution >= 4 is 18.1 Å². The average Bonchev–Trinajstić information content (AvgIpc) is 2.54. The van der Waals surface area contributed by atoms with Crippen molar-refractivity contribution in [3.63, 3.8) is 0 Å². The van der Waals surface area contributed by atoms with E-state index in [0.717, 1.165) is 11.1 Å². The highest BCUT2D eigenvalue weighted by Gasteiger charge is 2.28. The Kier molecular flexibility index (Phi) is 4.94. The zero-order valence-electron chi connectivity index (χ0n) is 13.0. The molecule has 0 unspecified atom stereocenters. The molecule has 4 nitrogen and oxygen atoms in total. The van der Waals surface area contributed by atoms with Crippen LogP contribution in [0.15, 0.2) is 48.8 Å².